The van der Waals surface area contributed by atoms with Gasteiger partial charge in [-0.25, -0.2) is 0 Å². The van der Waals surface area contributed by atoms with E-state index in [1.54, 1.807) is 0 Å². The quantitative estimate of drug-likeness (QED) is 0.796. The molecule has 0 radical (unpaired) electrons. The maximum atomic E-state index is 12.7. The summed E-state index contributed by atoms with van der Waals surface area (Å²) < 4.78 is 5.25. The van der Waals surface area contributed by atoms with Crippen molar-refractivity contribution in [2.45, 2.75) is 46.2 Å². The molecule has 1 aromatic carbocycles. The molecule has 0 saturated carbocycles. The second kappa shape index (κ2) is 7.28. The van der Waals surface area contributed by atoms with Crippen molar-refractivity contribution in [3.63, 3.8) is 0 Å². The highest BCUT2D eigenvalue weighted by Crippen LogP contribution is 2.42. The van der Waals surface area contributed by atoms with Gasteiger partial charge in [-0.2, -0.15) is 0 Å². The van der Waals surface area contributed by atoms with Crippen molar-refractivity contribution in [2.75, 3.05) is 19.6 Å². The molecule has 0 bridgehead atoms. The van der Waals surface area contributed by atoms with Crippen LogP contribution in [0, 0.1) is 19.3 Å². The first-order valence-electron chi connectivity index (χ1n) is 9.61. The van der Waals surface area contributed by atoms with Crippen LogP contribution in [0.3, 0.4) is 0 Å². The van der Waals surface area contributed by atoms with Crippen molar-refractivity contribution in [3.8, 4) is 0 Å². The number of halogens is 1. The molecule has 6 heteroatoms. The molecular weight excluding hydrogens is 362 g/mol. The highest BCUT2D eigenvalue weighted by atomic mass is 35.5. The van der Waals surface area contributed by atoms with Crippen LogP contribution < -0.4 is 0 Å². The summed E-state index contributed by atoms with van der Waals surface area (Å²) >= 11 is 6.30. The topological polar surface area (TPSA) is 49.6 Å². The molecule has 1 spiro atoms. The molecule has 0 N–H and O–H groups in total. The van der Waals surface area contributed by atoms with Crippen LogP contribution in [0.1, 0.15) is 41.8 Å². The molecular formula is C21H26ClN3O2. The Morgan fingerprint density at radius 3 is 2.59 bits per heavy atom. The Bertz CT molecular complexity index is 820. The number of aryl methyl sites for hydroxylation is 2. The average molecular weight is 388 g/mol. The third-order valence-corrected chi connectivity index (χ3v) is 6.57. The minimum absolute atomic E-state index is 0.118. The van der Waals surface area contributed by atoms with Crippen molar-refractivity contribution >= 4 is 17.5 Å². The van der Waals surface area contributed by atoms with Gasteiger partial charge in [-0.15, -0.1) is 0 Å². The molecule has 2 saturated heterocycles. The molecule has 27 heavy (non-hydrogen) atoms. The summed E-state index contributed by atoms with van der Waals surface area (Å²) in [5.74, 6) is 1.07. The number of amides is 1. The van der Waals surface area contributed by atoms with E-state index in [1.165, 1.54) is 5.56 Å². The van der Waals surface area contributed by atoms with Gasteiger partial charge in [0.05, 0.1) is 12.2 Å². The zero-order valence-corrected chi connectivity index (χ0v) is 16.8. The van der Waals surface area contributed by atoms with Gasteiger partial charge >= 0.3 is 0 Å². The van der Waals surface area contributed by atoms with E-state index < -0.39 is 0 Å². The van der Waals surface area contributed by atoms with Gasteiger partial charge in [0.25, 0.3) is 0 Å². The number of carbonyl (C=O) groups is 1. The number of aromatic nitrogens is 1. The van der Waals surface area contributed by atoms with Crippen LogP contribution in [0.5, 0.6) is 0 Å². The zero-order chi connectivity index (χ0) is 19.0. The van der Waals surface area contributed by atoms with Gasteiger partial charge in [0.15, 0.2) is 0 Å². The van der Waals surface area contributed by atoms with Crippen molar-refractivity contribution < 1.29 is 9.32 Å². The highest BCUT2D eigenvalue weighted by molar-refractivity contribution is 6.31. The first-order chi connectivity index (χ1) is 13.0. The van der Waals surface area contributed by atoms with Crippen LogP contribution in [0.2, 0.25) is 5.02 Å². The lowest BCUT2D eigenvalue weighted by molar-refractivity contribution is -0.128. The summed E-state index contributed by atoms with van der Waals surface area (Å²) in [4.78, 5) is 17.1. The van der Waals surface area contributed by atoms with Crippen molar-refractivity contribution in [1.82, 2.24) is 15.0 Å². The van der Waals surface area contributed by atoms with Crippen molar-refractivity contribution in [1.29, 1.82) is 0 Å². The van der Waals surface area contributed by atoms with E-state index in [4.69, 9.17) is 16.1 Å². The molecule has 3 heterocycles. The summed E-state index contributed by atoms with van der Waals surface area (Å²) in [6.07, 6.45) is 2.78. The van der Waals surface area contributed by atoms with E-state index in [0.717, 1.165) is 61.1 Å². The molecule has 5 nitrogen and oxygen atoms in total. The Morgan fingerprint density at radius 2 is 1.93 bits per heavy atom. The maximum absolute atomic E-state index is 12.7. The molecule has 0 aliphatic carbocycles. The average Bonchev–Trinajstić information content (AvgIpc) is 3.13. The van der Waals surface area contributed by atoms with Crippen LogP contribution in [0.25, 0.3) is 0 Å². The van der Waals surface area contributed by atoms with Gasteiger partial charge in [0.1, 0.15) is 5.76 Å². The minimum Gasteiger partial charge on any atom is -0.361 e. The Morgan fingerprint density at radius 1 is 1.19 bits per heavy atom. The van der Waals surface area contributed by atoms with Gasteiger partial charge in [0, 0.05) is 30.1 Å². The number of hydrogen-bond donors (Lipinski definition) is 0. The summed E-state index contributed by atoms with van der Waals surface area (Å²) in [5.41, 5.74) is 3.23. The third-order valence-electron chi connectivity index (χ3n) is 6.20. The van der Waals surface area contributed by atoms with Gasteiger partial charge in [-0.1, -0.05) is 35.0 Å². The van der Waals surface area contributed by atoms with Crippen LogP contribution in [-0.4, -0.2) is 40.5 Å². The Kier molecular flexibility index (Phi) is 4.99. The lowest BCUT2D eigenvalue weighted by atomic mass is 9.77. The molecule has 2 aromatic rings. The summed E-state index contributed by atoms with van der Waals surface area (Å²) in [6.45, 7) is 8.22. The Hall–Kier alpha value is -1.85. The Balaban J connectivity index is 1.37. The molecule has 2 aliphatic heterocycles. The summed E-state index contributed by atoms with van der Waals surface area (Å²) in [7, 11) is 0. The van der Waals surface area contributed by atoms with Crippen LogP contribution in [0.4, 0.5) is 0 Å². The summed E-state index contributed by atoms with van der Waals surface area (Å²) in [5, 5.41) is 4.85. The molecule has 1 amide bonds. The van der Waals surface area contributed by atoms with Gasteiger partial charge < -0.3 is 9.42 Å². The molecule has 0 atom stereocenters. The first kappa shape index (κ1) is 18.5. The first-order valence-corrected chi connectivity index (χ1v) is 9.99. The lowest BCUT2D eigenvalue weighted by Gasteiger charge is -2.39. The lowest BCUT2D eigenvalue weighted by Crippen LogP contribution is -2.41. The molecule has 144 valence electrons. The molecule has 2 aliphatic rings. The van der Waals surface area contributed by atoms with Crippen molar-refractivity contribution in [2.24, 2.45) is 5.41 Å². The second-order valence-corrected chi connectivity index (χ2v) is 8.50. The minimum atomic E-state index is 0.118. The fourth-order valence-electron chi connectivity index (χ4n) is 4.43. The predicted octanol–water partition coefficient (Wildman–Crippen LogP) is 3.96. The maximum Gasteiger partial charge on any atom is 0.223 e. The molecule has 2 fully saturated rings. The standard InChI is InChI=1S/C21H26ClN3O2/c1-15-18(16(2)27-23-15)13-25-14-21(11-20(25)26)7-9-24(10-8-21)12-17-5-3-4-6-19(17)22/h3-6H,7-14H2,1-2H3. The van der Waals surface area contributed by atoms with E-state index in [0.29, 0.717) is 13.0 Å². The van der Waals surface area contributed by atoms with E-state index in [2.05, 4.69) is 16.1 Å². The van der Waals surface area contributed by atoms with Gasteiger partial charge in [0.2, 0.25) is 5.91 Å². The monoisotopic (exact) mass is 387 g/mol. The van der Waals surface area contributed by atoms with Gasteiger partial charge in [-0.05, 0) is 56.8 Å². The largest absolute Gasteiger partial charge is 0.361 e. The number of benzene rings is 1. The SMILES string of the molecule is Cc1noc(C)c1CN1CC2(CCN(Cc3ccccc3Cl)CC2)CC1=O. The van der Waals surface area contributed by atoms with Crippen LogP contribution in [0.15, 0.2) is 28.8 Å². The molecule has 1 aromatic heterocycles. The number of likely N-dealkylation sites (tertiary alicyclic amines) is 2. The fourth-order valence-corrected chi connectivity index (χ4v) is 4.63. The highest BCUT2D eigenvalue weighted by Gasteiger charge is 2.45. The van der Waals surface area contributed by atoms with Gasteiger partial charge in [-0.3, -0.25) is 9.69 Å². The fraction of sp³-hybridized carbons (Fsp3) is 0.524. The number of rotatable bonds is 4. The smallest absolute Gasteiger partial charge is 0.223 e. The van der Waals surface area contributed by atoms with Crippen LogP contribution in [-0.2, 0) is 17.9 Å². The Labute approximate surface area is 165 Å². The molecule has 0 unspecified atom stereocenters. The predicted molar refractivity (Wildman–Crippen MR) is 104 cm³/mol. The number of piperidine rings is 1. The van der Waals surface area contributed by atoms with E-state index in [-0.39, 0.29) is 11.3 Å². The van der Waals surface area contributed by atoms with E-state index in [9.17, 15) is 4.79 Å². The van der Waals surface area contributed by atoms with Crippen molar-refractivity contribution in [3.05, 3.63) is 51.9 Å². The summed E-state index contributed by atoms with van der Waals surface area (Å²) in [6, 6.07) is 8.05. The molecule has 4 rings (SSSR count). The third kappa shape index (κ3) is 3.76. The number of hydrogen-bond acceptors (Lipinski definition) is 4. The van der Waals surface area contributed by atoms with Crippen LogP contribution >= 0.6 is 11.6 Å². The van der Waals surface area contributed by atoms with E-state index >= 15 is 0 Å². The normalized spacial score (nSPS) is 20.0. The number of nitrogens with zero attached hydrogens (tertiary/aromatic N) is 3. The second-order valence-electron chi connectivity index (χ2n) is 8.10. The van der Waals surface area contributed by atoms with E-state index in [1.807, 2.05) is 36.9 Å². The zero-order valence-electron chi connectivity index (χ0n) is 16.0. The number of carbonyl (C=O) groups excluding carboxylic acids is 1.